The summed E-state index contributed by atoms with van der Waals surface area (Å²) < 4.78 is 35.9. The number of hydrogen-bond acceptors (Lipinski definition) is 6. The normalized spacial score (nSPS) is 16.1. The zero-order valence-electron chi connectivity index (χ0n) is 16.0. The number of nitrogens with one attached hydrogen (secondary N) is 1. The van der Waals surface area contributed by atoms with E-state index in [0.29, 0.717) is 13.0 Å². The maximum absolute atomic E-state index is 14.2. The number of fused-ring (bicyclic) bond motifs is 2. The van der Waals surface area contributed by atoms with Crippen molar-refractivity contribution in [2.45, 2.75) is 12.5 Å². The van der Waals surface area contributed by atoms with E-state index in [0.717, 1.165) is 34.7 Å². The quantitative estimate of drug-likeness (QED) is 0.481. The van der Waals surface area contributed by atoms with E-state index < -0.39 is 17.7 Å². The van der Waals surface area contributed by atoms with Gasteiger partial charge in [0.1, 0.15) is 23.2 Å². The van der Waals surface area contributed by atoms with E-state index >= 15 is 0 Å². The lowest BCUT2D eigenvalue weighted by atomic mass is 10.0. The summed E-state index contributed by atoms with van der Waals surface area (Å²) in [5, 5.41) is 12.7. The molecule has 0 saturated carbocycles. The van der Waals surface area contributed by atoms with Crippen LogP contribution in [0, 0.1) is 11.6 Å². The fourth-order valence-electron chi connectivity index (χ4n) is 4.01. The van der Waals surface area contributed by atoms with Gasteiger partial charge in [0.25, 0.3) is 5.89 Å². The molecule has 154 valence electrons. The fraction of sp³-hybridized carbons (Fsp3) is 0.143. The van der Waals surface area contributed by atoms with Crippen LogP contribution in [0.1, 0.15) is 23.1 Å². The summed E-state index contributed by atoms with van der Waals surface area (Å²) >= 11 is 0. The van der Waals surface area contributed by atoms with Crippen LogP contribution in [0.5, 0.6) is 0 Å². The highest BCUT2D eigenvalue weighted by atomic mass is 19.1. The van der Waals surface area contributed by atoms with Gasteiger partial charge in [0.2, 0.25) is 0 Å². The molecule has 0 radical (unpaired) electrons. The van der Waals surface area contributed by atoms with E-state index in [1.807, 2.05) is 35.4 Å². The van der Waals surface area contributed by atoms with E-state index in [1.165, 1.54) is 6.07 Å². The van der Waals surface area contributed by atoms with Crippen molar-refractivity contribution in [1.29, 1.82) is 0 Å². The van der Waals surface area contributed by atoms with Crippen molar-refractivity contribution in [3.63, 3.8) is 0 Å². The summed E-state index contributed by atoms with van der Waals surface area (Å²) in [5.41, 5.74) is 3.13. The molecular formula is C21H15F2N7O. The Morgan fingerprint density at radius 3 is 2.77 bits per heavy atom. The summed E-state index contributed by atoms with van der Waals surface area (Å²) in [7, 11) is 0. The highest BCUT2D eigenvalue weighted by molar-refractivity contribution is 5.57. The molecule has 0 amide bonds. The number of hydrogen-bond donors (Lipinski definition) is 1. The number of nitrogens with zero attached hydrogens (tertiary/aromatic N) is 6. The van der Waals surface area contributed by atoms with Crippen molar-refractivity contribution < 1.29 is 13.2 Å². The van der Waals surface area contributed by atoms with E-state index in [-0.39, 0.29) is 17.5 Å². The first kappa shape index (κ1) is 17.8. The van der Waals surface area contributed by atoms with Crippen LogP contribution in [0.15, 0.2) is 59.4 Å². The zero-order chi connectivity index (χ0) is 20.9. The molecular weight excluding hydrogens is 404 g/mol. The minimum atomic E-state index is -0.764. The van der Waals surface area contributed by atoms with Gasteiger partial charge >= 0.3 is 6.01 Å². The van der Waals surface area contributed by atoms with E-state index in [4.69, 9.17) is 9.52 Å². The van der Waals surface area contributed by atoms with Gasteiger partial charge < -0.3 is 14.3 Å². The molecule has 0 spiro atoms. The topological polar surface area (TPSA) is 88.1 Å². The smallest absolute Gasteiger partial charge is 0.319 e. The third-order valence-corrected chi connectivity index (χ3v) is 5.43. The zero-order valence-corrected chi connectivity index (χ0v) is 16.0. The minimum absolute atomic E-state index is 0.147. The predicted octanol–water partition coefficient (Wildman–Crippen LogP) is 3.54. The van der Waals surface area contributed by atoms with Gasteiger partial charge in [-0.3, -0.25) is 0 Å². The average molecular weight is 419 g/mol. The third kappa shape index (κ3) is 2.79. The number of H-pyrrole nitrogens is 1. The van der Waals surface area contributed by atoms with Gasteiger partial charge in [-0.1, -0.05) is 17.2 Å². The standard InChI is InChI=1S/C21H15F2N7O/c22-13-5-3-6-14(23)17(13)20-26-27-21(31-20)29-9-7-15-18(25-11-24-15)19(29)16-10-12-4-1-2-8-30(12)28-16/h1-6,8,10-11,19H,7,9H2,(H,24,25). The van der Waals surface area contributed by atoms with Crippen LogP contribution in [-0.4, -0.2) is 36.3 Å². The molecule has 0 saturated heterocycles. The molecule has 1 atom stereocenters. The summed E-state index contributed by atoms with van der Waals surface area (Å²) in [6.45, 7) is 0.537. The average Bonchev–Trinajstić information content (AvgIpc) is 3.51. The number of anilines is 1. The van der Waals surface area contributed by atoms with Gasteiger partial charge in [0.05, 0.1) is 23.2 Å². The molecule has 1 N–H and O–H groups in total. The molecule has 0 aliphatic carbocycles. The Kier molecular flexibility index (Phi) is 3.85. The second kappa shape index (κ2) is 6.73. The van der Waals surface area contributed by atoms with Crippen LogP contribution in [0.4, 0.5) is 14.8 Å². The molecule has 4 aromatic heterocycles. The van der Waals surface area contributed by atoms with Gasteiger partial charge in [-0.05, 0) is 30.3 Å². The SMILES string of the molecule is Fc1cccc(F)c1-c1nnc(N2CCc3[nH]cnc3C2c2cc3ccccn3n2)o1. The molecule has 5 heterocycles. The second-order valence-corrected chi connectivity index (χ2v) is 7.24. The number of aromatic amines is 1. The van der Waals surface area contributed by atoms with Crippen LogP contribution in [0.2, 0.25) is 0 Å². The molecule has 1 aliphatic heterocycles. The molecule has 0 bridgehead atoms. The molecule has 10 heteroatoms. The van der Waals surface area contributed by atoms with Crippen molar-refractivity contribution in [1.82, 2.24) is 29.8 Å². The van der Waals surface area contributed by atoms with E-state index in [2.05, 4.69) is 20.2 Å². The molecule has 31 heavy (non-hydrogen) atoms. The van der Waals surface area contributed by atoms with Crippen LogP contribution >= 0.6 is 0 Å². The molecule has 1 aromatic carbocycles. The van der Waals surface area contributed by atoms with Gasteiger partial charge in [-0.25, -0.2) is 18.3 Å². The maximum atomic E-state index is 14.2. The number of rotatable bonds is 3. The molecule has 5 aromatic rings. The Bertz CT molecular complexity index is 1350. The van der Waals surface area contributed by atoms with Gasteiger partial charge in [-0.2, -0.15) is 5.10 Å². The lowest BCUT2D eigenvalue weighted by Gasteiger charge is -2.32. The van der Waals surface area contributed by atoms with Crippen LogP contribution in [0.25, 0.3) is 17.0 Å². The number of imidazole rings is 1. The van der Waals surface area contributed by atoms with Crippen molar-refractivity contribution in [3.8, 4) is 11.5 Å². The Morgan fingerprint density at radius 1 is 1.06 bits per heavy atom. The first-order valence-electron chi connectivity index (χ1n) is 9.70. The maximum Gasteiger partial charge on any atom is 0.319 e. The molecule has 1 aliphatic rings. The first-order valence-corrected chi connectivity index (χ1v) is 9.70. The Balaban J connectivity index is 1.46. The second-order valence-electron chi connectivity index (χ2n) is 7.24. The van der Waals surface area contributed by atoms with Gasteiger partial charge in [-0.15, -0.1) is 5.10 Å². The van der Waals surface area contributed by atoms with Crippen molar-refractivity contribution in [3.05, 3.63) is 83.7 Å². The highest BCUT2D eigenvalue weighted by Crippen LogP contribution is 2.37. The fourth-order valence-corrected chi connectivity index (χ4v) is 4.01. The van der Waals surface area contributed by atoms with Crippen molar-refractivity contribution in [2.24, 2.45) is 0 Å². The third-order valence-electron chi connectivity index (χ3n) is 5.43. The molecule has 8 nitrogen and oxygen atoms in total. The summed E-state index contributed by atoms with van der Waals surface area (Å²) in [6, 6.07) is 11.1. The van der Waals surface area contributed by atoms with E-state index in [9.17, 15) is 8.78 Å². The lowest BCUT2D eigenvalue weighted by Crippen LogP contribution is -2.36. The number of halogens is 2. The molecule has 6 rings (SSSR count). The predicted molar refractivity (Wildman–Crippen MR) is 106 cm³/mol. The highest BCUT2D eigenvalue weighted by Gasteiger charge is 2.36. The largest absolute Gasteiger partial charge is 0.403 e. The van der Waals surface area contributed by atoms with Crippen molar-refractivity contribution >= 4 is 11.5 Å². The number of aromatic nitrogens is 6. The van der Waals surface area contributed by atoms with Gasteiger partial charge in [0, 0.05) is 24.9 Å². The molecule has 0 fully saturated rings. The van der Waals surface area contributed by atoms with Crippen LogP contribution in [-0.2, 0) is 6.42 Å². The number of pyridine rings is 1. The minimum Gasteiger partial charge on any atom is -0.403 e. The Morgan fingerprint density at radius 2 is 1.94 bits per heavy atom. The Hall–Kier alpha value is -4.08. The summed E-state index contributed by atoms with van der Waals surface area (Å²) in [5.74, 6) is -1.74. The monoisotopic (exact) mass is 419 g/mol. The van der Waals surface area contributed by atoms with Crippen molar-refractivity contribution in [2.75, 3.05) is 11.4 Å². The first-order chi connectivity index (χ1) is 15.2. The van der Waals surface area contributed by atoms with E-state index in [1.54, 1.807) is 10.8 Å². The van der Waals surface area contributed by atoms with Gasteiger partial charge in [0.15, 0.2) is 0 Å². The Labute approximate surface area is 174 Å². The summed E-state index contributed by atoms with van der Waals surface area (Å²) in [4.78, 5) is 9.53. The molecule has 1 unspecified atom stereocenters. The lowest BCUT2D eigenvalue weighted by molar-refractivity contribution is 0.496. The summed E-state index contributed by atoms with van der Waals surface area (Å²) in [6.07, 6.45) is 4.18. The number of benzene rings is 1. The van der Waals surface area contributed by atoms with Crippen LogP contribution < -0.4 is 4.90 Å². The van der Waals surface area contributed by atoms with Crippen LogP contribution in [0.3, 0.4) is 0 Å².